The third-order valence-corrected chi connectivity index (χ3v) is 4.06. The van der Waals surface area contributed by atoms with Crippen molar-refractivity contribution in [2.75, 3.05) is 0 Å². The Kier molecular flexibility index (Phi) is 5.86. The fraction of sp³-hybridized carbons (Fsp3) is 0.533. The second-order valence-corrected chi connectivity index (χ2v) is 5.76. The molecule has 1 atom stereocenters. The van der Waals surface area contributed by atoms with E-state index in [1.54, 1.807) is 0 Å². The molecule has 0 aliphatic heterocycles. The van der Waals surface area contributed by atoms with Crippen molar-refractivity contribution >= 4 is 21.9 Å². The summed E-state index contributed by atoms with van der Waals surface area (Å²) in [5.41, 5.74) is 0.473. The normalized spacial score (nSPS) is 14.2. The van der Waals surface area contributed by atoms with E-state index < -0.39 is 11.4 Å². The molecule has 3 heteroatoms. The van der Waals surface area contributed by atoms with Crippen LogP contribution in [0.1, 0.15) is 45.1 Å². The zero-order valence-electron chi connectivity index (χ0n) is 11.1. The maximum Gasteiger partial charge on any atom is 0.309 e. The van der Waals surface area contributed by atoms with Crippen molar-refractivity contribution in [3.63, 3.8) is 0 Å². The molecule has 0 saturated carbocycles. The highest BCUT2D eigenvalue weighted by molar-refractivity contribution is 9.10. The lowest BCUT2D eigenvalue weighted by molar-refractivity contribution is -0.149. The Bertz CT molecular complexity index is 403. The van der Waals surface area contributed by atoms with E-state index in [0.29, 0.717) is 12.8 Å². The van der Waals surface area contributed by atoms with Crippen LogP contribution in [0.25, 0.3) is 0 Å². The number of halogens is 1. The lowest BCUT2D eigenvalue weighted by Crippen LogP contribution is -2.32. The van der Waals surface area contributed by atoms with Crippen molar-refractivity contribution < 1.29 is 9.90 Å². The van der Waals surface area contributed by atoms with Gasteiger partial charge in [-0.15, -0.1) is 0 Å². The molecule has 0 bridgehead atoms. The van der Waals surface area contributed by atoms with Crippen LogP contribution in [0, 0.1) is 5.41 Å². The number of carboxylic acids is 1. The fourth-order valence-corrected chi connectivity index (χ4v) is 2.72. The molecular formula is C15H21BrO2. The minimum Gasteiger partial charge on any atom is -0.481 e. The van der Waals surface area contributed by atoms with Crippen LogP contribution in [0.4, 0.5) is 0 Å². The Morgan fingerprint density at radius 3 is 2.61 bits per heavy atom. The van der Waals surface area contributed by atoms with Gasteiger partial charge in [-0.2, -0.15) is 0 Å². The molecule has 0 aliphatic carbocycles. The largest absolute Gasteiger partial charge is 0.481 e. The number of carboxylic acid groups (broad SMARTS) is 1. The molecule has 2 nitrogen and oxygen atoms in total. The number of aliphatic carboxylic acids is 1. The Hall–Kier alpha value is -0.830. The summed E-state index contributed by atoms with van der Waals surface area (Å²) in [4.78, 5) is 11.6. The molecule has 0 spiro atoms. The molecule has 1 unspecified atom stereocenters. The quantitative estimate of drug-likeness (QED) is 0.794. The zero-order valence-corrected chi connectivity index (χ0v) is 12.7. The summed E-state index contributed by atoms with van der Waals surface area (Å²) in [5.74, 6) is -0.668. The summed E-state index contributed by atoms with van der Waals surface area (Å²) in [6.07, 6.45) is 4.04. The summed E-state index contributed by atoms with van der Waals surface area (Å²) in [7, 11) is 0. The molecule has 18 heavy (non-hydrogen) atoms. The first kappa shape index (κ1) is 15.2. The van der Waals surface area contributed by atoms with Crippen molar-refractivity contribution in [2.24, 2.45) is 5.41 Å². The highest BCUT2D eigenvalue weighted by Gasteiger charge is 2.36. The van der Waals surface area contributed by atoms with Crippen molar-refractivity contribution in [3.8, 4) is 0 Å². The molecule has 1 aromatic rings. The Morgan fingerprint density at radius 2 is 2.11 bits per heavy atom. The van der Waals surface area contributed by atoms with Gasteiger partial charge >= 0.3 is 5.97 Å². The zero-order chi connectivity index (χ0) is 13.6. The first-order valence-corrected chi connectivity index (χ1v) is 7.31. The molecule has 0 amide bonds. The van der Waals surface area contributed by atoms with E-state index in [4.69, 9.17) is 0 Å². The second kappa shape index (κ2) is 6.93. The molecular weight excluding hydrogens is 292 g/mol. The average molecular weight is 313 g/mol. The number of rotatable bonds is 7. The van der Waals surface area contributed by atoms with Gasteiger partial charge in [0.1, 0.15) is 0 Å². The summed E-state index contributed by atoms with van der Waals surface area (Å²) < 4.78 is 1.01. The van der Waals surface area contributed by atoms with Gasteiger partial charge in [0.25, 0.3) is 0 Å². The number of unbranched alkanes of at least 4 members (excludes halogenated alkanes) is 1. The molecule has 0 aromatic heterocycles. The van der Waals surface area contributed by atoms with Crippen molar-refractivity contribution in [1.29, 1.82) is 0 Å². The molecule has 1 rings (SSSR count). The van der Waals surface area contributed by atoms with Crippen LogP contribution in [0.2, 0.25) is 0 Å². The van der Waals surface area contributed by atoms with E-state index in [1.807, 2.05) is 31.2 Å². The number of carbonyl (C=O) groups is 1. The van der Waals surface area contributed by atoms with Gasteiger partial charge in [0, 0.05) is 4.47 Å². The van der Waals surface area contributed by atoms with E-state index in [0.717, 1.165) is 29.3 Å². The second-order valence-electron chi connectivity index (χ2n) is 4.85. The van der Waals surface area contributed by atoms with Crippen LogP contribution in [-0.4, -0.2) is 11.1 Å². The molecule has 0 aliphatic rings. The van der Waals surface area contributed by atoms with Gasteiger partial charge in [0.15, 0.2) is 0 Å². The molecule has 100 valence electrons. The van der Waals surface area contributed by atoms with Gasteiger partial charge in [-0.05, 0) is 37.0 Å². The molecule has 0 heterocycles. The minimum absolute atomic E-state index is 0.609. The molecule has 0 fully saturated rings. The molecule has 1 aromatic carbocycles. The predicted octanol–water partition coefficient (Wildman–Crippen LogP) is 4.66. The van der Waals surface area contributed by atoms with E-state index >= 15 is 0 Å². The minimum atomic E-state index is -0.668. The number of benzene rings is 1. The van der Waals surface area contributed by atoms with E-state index in [9.17, 15) is 9.90 Å². The van der Waals surface area contributed by atoms with Crippen LogP contribution < -0.4 is 0 Å². The van der Waals surface area contributed by atoms with Crippen LogP contribution in [-0.2, 0) is 11.2 Å². The van der Waals surface area contributed by atoms with Gasteiger partial charge in [-0.25, -0.2) is 0 Å². The summed E-state index contributed by atoms with van der Waals surface area (Å²) in [6, 6.07) is 7.94. The van der Waals surface area contributed by atoms with Crippen molar-refractivity contribution in [2.45, 2.75) is 46.0 Å². The van der Waals surface area contributed by atoms with Gasteiger partial charge in [-0.1, -0.05) is 54.8 Å². The van der Waals surface area contributed by atoms with Crippen LogP contribution in [0.3, 0.4) is 0 Å². The van der Waals surface area contributed by atoms with E-state index in [1.165, 1.54) is 0 Å². The smallest absolute Gasteiger partial charge is 0.309 e. The Morgan fingerprint density at radius 1 is 1.39 bits per heavy atom. The number of hydrogen-bond acceptors (Lipinski definition) is 1. The van der Waals surface area contributed by atoms with Gasteiger partial charge in [0.05, 0.1) is 5.41 Å². The predicted molar refractivity (Wildman–Crippen MR) is 77.7 cm³/mol. The highest BCUT2D eigenvalue weighted by atomic mass is 79.9. The van der Waals surface area contributed by atoms with Crippen molar-refractivity contribution in [3.05, 3.63) is 34.3 Å². The molecule has 0 saturated heterocycles. The lowest BCUT2D eigenvalue weighted by atomic mass is 9.75. The maximum absolute atomic E-state index is 11.6. The molecule has 0 radical (unpaired) electrons. The summed E-state index contributed by atoms with van der Waals surface area (Å²) in [5, 5.41) is 9.57. The molecule has 1 N–H and O–H groups in total. The van der Waals surface area contributed by atoms with Crippen LogP contribution in [0.5, 0.6) is 0 Å². The topological polar surface area (TPSA) is 37.3 Å². The van der Waals surface area contributed by atoms with Gasteiger partial charge in [-0.3, -0.25) is 4.79 Å². The first-order valence-electron chi connectivity index (χ1n) is 6.52. The Labute approximate surface area is 118 Å². The van der Waals surface area contributed by atoms with Crippen LogP contribution in [0.15, 0.2) is 28.7 Å². The lowest BCUT2D eigenvalue weighted by Gasteiger charge is -2.28. The average Bonchev–Trinajstić information content (AvgIpc) is 2.34. The van der Waals surface area contributed by atoms with Crippen LogP contribution >= 0.6 is 15.9 Å². The highest BCUT2D eigenvalue weighted by Crippen LogP contribution is 2.34. The fourth-order valence-electron chi connectivity index (χ4n) is 2.28. The maximum atomic E-state index is 11.6. The summed E-state index contributed by atoms with van der Waals surface area (Å²) in [6.45, 7) is 4.07. The SMILES string of the molecule is CCCCC(CC)(Cc1cccc(Br)c1)C(=O)O. The third-order valence-electron chi connectivity index (χ3n) is 3.57. The van der Waals surface area contributed by atoms with E-state index in [-0.39, 0.29) is 0 Å². The number of hydrogen-bond donors (Lipinski definition) is 1. The Balaban J connectivity index is 2.93. The van der Waals surface area contributed by atoms with Crippen molar-refractivity contribution in [1.82, 2.24) is 0 Å². The first-order chi connectivity index (χ1) is 8.54. The monoisotopic (exact) mass is 312 g/mol. The van der Waals surface area contributed by atoms with Gasteiger partial charge < -0.3 is 5.11 Å². The summed E-state index contributed by atoms with van der Waals surface area (Å²) >= 11 is 3.43. The van der Waals surface area contributed by atoms with E-state index in [2.05, 4.69) is 22.9 Å². The third kappa shape index (κ3) is 3.84. The standard InChI is InChI=1S/C15H21BrO2/c1-3-5-9-15(4-2,14(17)18)11-12-7-6-8-13(16)10-12/h6-8,10H,3-5,9,11H2,1-2H3,(H,17,18). The van der Waals surface area contributed by atoms with Gasteiger partial charge in [0.2, 0.25) is 0 Å².